The first-order valence-corrected chi connectivity index (χ1v) is 14.6. The first-order valence-electron chi connectivity index (χ1n) is 14.2. The number of aromatic carboxylic acids is 1. The summed E-state index contributed by atoms with van der Waals surface area (Å²) in [4.78, 5) is 40.9. The van der Waals surface area contributed by atoms with Crippen molar-refractivity contribution in [1.82, 2.24) is 25.1 Å². The number of carboxylic acid groups (broad SMARTS) is 1. The van der Waals surface area contributed by atoms with Crippen LogP contribution in [0.1, 0.15) is 77.6 Å². The summed E-state index contributed by atoms with van der Waals surface area (Å²) in [6.07, 6.45) is 8.59. The van der Waals surface area contributed by atoms with E-state index in [0.717, 1.165) is 62.5 Å². The summed E-state index contributed by atoms with van der Waals surface area (Å²) in [6, 6.07) is 6.60. The molecule has 1 aromatic heterocycles. The smallest absolute Gasteiger partial charge is 0.336 e. The maximum absolute atomic E-state index is 12.2. The van der Waals surface area contributed by atoms with Gasteiger partial charge in [-0.2, -0.15) is 0 Å². The van der Waals surface area contributed by atoms with E-state index < -0.39 is 5.97 Å². The van der Waals surface area contributed by atoms with Crippen LogP contribution in [0.25, 0.3) is 0 Å². The zero-order chi connectivity index (χ0) is 27.5. The number of carbonyl (C=O) groups excluding carboxylic acids is 1. The van der Waals surface area contributed by atoms with Crippen LogP contribution in [-0.2, 0) is 6.54 Å². The number of hydrogen-bond donors (Lipinski definition) is 2. The Kier molecular flexibility index (Phi) is 8.69. The molecule has 210 valence electrons. The molecule has 10 heteroatoms. The normalized spacial score (nSPS) is 22.9. The van der Waals surface area contributed by atoms with Crippen LogP contribution in [0.5, 0.6) is 0 Å². The molecule has 1 aliphatic carbocycles. The molecule has 0 bridgehead atoms. The summed E-state index contributed by atoms with van der Waals surface area (Å²) in [5.41, 5.74) is 2.30. The third kappa shape index (κ3) is 6.05. The summed E-state index contributed by atoms with van der Waals surface area (Å²) >= 11 is 6.04. The van der Waals surface area contributed by atoms with E-state index in [-0.39, 0.29) is 5.91 Å². The van der Waals surface area contributed by atoms with Crippen LogP contribution in [0.4, 0.5) is 5.82 Å². The van der Waals surface area contributed by atoms with Gasteiger partial charge in [0.2, 0.25) is 0 Å². The highest BCUT2D eigenvalue weighted by Crippen LogP contribution is 2.36. The van der Waals surface area contributed by atoms with E-state index in [2.05, 4.69) is 25.0 Å². The van der Waals surface area contributed by atoms with Crippen LogP contribution >= 0.6 is 11.6 Å². The Balaban J connectivity index is 1.24. The van der Waals surface area contributed by atoms with Crippen LogP contribution in [0, 0.1) is 6.92 Å². The number of likely N-dealkylation sites (tertiary alicyclic amines) is 1. The lowest BCUT2D eigenvalue weighted by Crippen LogP contribution is -2.64. The lowest BCUT2D eigenvalue weighted by molar-refractivity contribution is 0.0298. The Morgan fingerprint density at radius 3 is 2.51 bits per heavy atom. The Hall–Kier alpha value is -2.75. The third-order valence-electron chi connectivity index (χ3n) is 8.60. The zero-order valence-corrected chi connectivity index (χ0v) is 23.7. The van der Waals surface area contributed by atoms with Gasteiger partial charge in [-0.1, -0.05) is 30.5 Å². The molecule has 3 heterocycles. The molecule has 3 aliphatic rings. The number of halogens is 1. The summed E-state index contributed by atoms with van der Waals surface area (Å²) in [5.74, 6) is -0.199. The number of carbonyl (C=O) groups is 2. The third-order valence-corrected chi connectivity index (χ3v) is 8.84. The number of aromatic nitrogens is 2. The van der Waals surface area contributed by atoms with Gasteiger partial charge in [-0.3, -0.25) is 14.6 Å². The number of aryl methyl sites for hydroxylation is 1. The van der Waals surface area contributed by atoms with Crippen molar-refractivity contribution in [3.63, 3.8) is 0 Å². The predicted octanol–water partition coefficient (Wildman–Crippen LogP) is 3.98. The molecule has 9 nitrogen and oxygen atoms in total. The first-order chi connectivity index (χ1) is 18.9. The van der Waals surface area contributed by atoms with Gasteiger partial charge >= 0.3 is 5.97 Å². The molecule has 0 unspecified atom stereocenters. The van der Waals surface area contributed by atoms with Gasteiger partial charge < -0.3 is 15.3 Å². The fraction of sp³-hybridized carbons (Fsp3) is 0.586. The van der Waals surface area contributed by atoms with Crippen molar-refractivity contribution in [2.24, 2.45) is 0 Å². The number of benzene rings is 1. The largest absolute Gasteiger partial charge is 0.478 e. The van der Waals surface area contributed by atoms with Crippen molar-refractivity contribution in [3.8, 4) is 0 Å². The van der Waals surface area contributed by atoms with E-state index in [9.17, 15) is 14.7 Å². The topological polar surface area (TPSA) is 102 Å². The second-order valence-electron chi connectivity index (χ2n) is 11.0. The number of piperidine rings is 1. The van der Waals surface area contributed by atoms with Crippen LogP contribution in [0.15, 0.2) is 24.4 Å². The minimum absolute atomic E-state index is 0.179. The van der Waals surface area contributed by atoms with Crippen LogP contribution in [-0.4, -0.2) is 87.6 Å². The number of anilines is 1. The van der Waals surface area contributed by atoms with E-state index >= 15 is 0 Å². The molecule has 0 spiro atoms. The van der Waals surface area contributed by atoms with Crippen molar-refractivity contribution >= 4 is 29.3 Å². The van der Waals surface area contributed by atoms with Crippen molar-refractivity contribution in [3.05, 3.63) is 51.9 Å². The molecule has 0 radical (unpaired) electrons. The summed E-state index contributed by atoms with van der Waals surface area (Å²) in [7, 11) is 0. The fourth-order valence-corrected chi connectivity index (χ4v) is 6.94. The number of nitrogens with one attached hydrogen (secondary N) is 1. The standard InChI is InChI=1S/C29H39ClN6O3/c1-3-31-28(37)24-17-32-27(19(2)33-24)36-15-14-35(25-6-4-5-7-26(25)36)22-10-12-34(13-11-22)18-20-8-9-21(30)16-23(20)29(38)39/h8-9,16-17,22,25-26H,3-7,10-15,18H2,1-2H3,(H,31,37)(H,38,39)/t25-,26+/m1/s1. The van der Waals surface area contributed by atoms with Gasteiger partial charge in [0.25, 0.3) is 5.91 Å². The number of nitrogens with zero attached hydrogens (tertiary/aromatic N) is 5. The Morgan fingerprint density at radius 1 is 1.08 bits per heavy atom. The van der Waals surface area contributed by atoms with Gasteiger partial charge in [0.15, 0.2) is 0 Å². The molecule has 2 atom stereocenters. The highest BCUT2D eigenvalue weighted by Gasteiger charge is 2.42. The molecule has 2 aromatic rings. The molecule has 5 rings (SSSR count). The second kappa shape index (κ2) is 12.2. The lowest BCUT2D eigenvalue weighted by Gasteiger charge is -2.54. The molecular weight excluding hydrogens is 516 g/mol. The summed E-state index contributed by atoms with van der Waals surface area (Å²) < 4.78 is 0. The molecule has 1 amide bonds. The van der Waals surface area contributed by atoms with Gasteiger partial charge in [-0.05, 0) is 70.3 Å². The number of amides is 1. The summed E-state index contributed by atoms with van der Waals surface area (Å²) in [6.45, 7) is 8.86. The van der Waals surface area contributed by atoms with Crippen LogP contribution in [0.2, 0.25) is 5.02 Å². The van der Waals surface area contributed by atoms with E-state index in [4.69, 9.17) is 16.6 Å². The van der Waals surface area contributed by atoms with E-state index in [1.165, 1.54) is 19.3 Å². The number of hydrogen-bond acceptors (Lipinski definition) is 7. The maximum atomic E-state index is 12.2. The van der Waals surface area contributed by atoms with Crippen LogP contribution in [0.3, 0.4) is 0 Å². The molecule has 3 fully saturated rings. The highest BCUT2D eigenvalue weighted by atomic mass is 35.5. The minimum Gasteiger partial charge on any atom is -0.478 e. The number of fused-ring (bicyclic) bond motifs is 1. The quantitative estimate of drug-likeness (QED) is 0.530. The second-order valence-corrected chi connectivity index (χ2v) is 11.4. The average molecular weight is 555 g/mol. The average Bonchev–Trinajstić information content (AvgIpc) is 2.94. The lowest BCUT2D eigenvalue weighted by atomic mass is 9.84. The Bertz CT molecular complexity index is 1200. The van der Waals surface area contributed by atoms with E-state index in [1.54, 1.807) is 18.3 Å². The molecule has 2 aliphatic heterocycles. The highest BCUT2D eigenvalue weighted by molar-refractivity contribution is 6.31. The Labute approximate surface area is 235 Å². The van der Waals surface area contributed by atoms with Gasteiger partial charge in [0, 0.05) is 49.3 Å². The minimum atomic E-state index is -0.928. The van der Waals surface area contributed by atoms with Gasteiger partial charge in [-0.25, -0.2) is 14.8 Å². The molecular formula is C29H39ClN6O3. The first kappa shape index (κ1) is 27.8. The monoisotopic (exact) mass is 554 g/mol. The zero-order valence-electron chi connectivity index (χ0n) is 22.9. The fourth-order valence-electron chi connectivity index (χ4n) is 6.77. The SMILES string of the molecule is CCNC(=O)c1cnc(N2CCN(C3CCN(Cc4ccc(Cl)cc4C(=O)O)CC3)[C@@H]3CCCC[C@@H]32)c(C)n1. The Morgan fingerprint density at radius 2 is 1.82 bits per heavy atom. The van der Waals surface area contributed by atoms with Gasteiger partial charge in [-0.15, -0.1) is 0 Å². The van der Waals surface area contributed by atoms with Crippen molar-refractivity contribution < 1.29 is 14.7 Å². The molecule has 39 heavy (non-hydrogen) atoms. The number of rotatable bonds is 7. The van der Waals surface area contributed by atoms with Gasteiger partial charge in [0.1, 0.15) is 11.5 Å². The van der Waals surface area contributed by atoms with E-state index in [1.807, 2.05) is 19.9 Å². The number of carboxylic acids is 1. The molecule has 2 N–H and O–H groups in total. The van der Waals surface area contributed by atoms with Crippen LogP contribution < -0.4 is 10.2 Å². The maximum Gasteiger partial charge on any atom is 0.336 e. The molecule has 2 saturated heterocycles. The van der Waals surface area contributed by atoms with E-state index in [0.29, 0.717) is 47.5 Å². The van der Waals surface area contributed by atoms with Gasteiger partial charge in [0.05, 0.1) is 17.5 Å². The van der Waals surface area contributed by atoms with Crippen molar-refractivity contribution in [2.45, 2.75) is 77.0 Å². The van der Waals surface area contributed by atoms with Crippen molar-refractivity contribution in [2.75, 3.05) is 37.6 Å². The predicted molar refractivity (Wildman–Crippen MR) is 152 cm³/mol. The molecule has 1 aromatic carbocycles. The summed E-state index contributed by atoms with van der Waals surface area (Å²) in [5, 5.41) is 12.9. The number of piperazine rings is 1. The molecule has 1 saturated carbocycles. The van der Waals surface area contributed by atoms with Crippen molar-refractivity contribution in [1.29, 1.82) is 0 Å².